The van der Waals surface area contributed by atoms with Crippen molar-refractivity contribution in [1.29, 1.82) is 0 Å². The Morgan fingerprint density at radius 2 is 2.04 bits per heavy atom. The second-order valence-electron chi connectivity index (χ2n) is 7.19. The maximum absolute atomic E-state index is 12.5. The zero-order valence-corrected chi connectivity index (χ0v) is 15.8. The van der Waals surface area contributed by atoms with Crippen LogP contribution in [-0.2, 0) is 9.59 Å². The minimum Gasteiger partial charge on any atom is -0.354 e. The lowest BCUT2D eigenvalue weighted by atomic mass is 10.1. The van der Waals surface area contributed by atoms with E-state index in [1.54, 1.807) is 4.90 Å². The number of hydrogen-bond acceptors (Lipinski definition) is 6. The lowest BCUT2D eigenvalue weighted by Crippen LogP contribution is -2.43. The van der Waals surface area contributed by atoms with Crippen LogP contribution in [0.25, 0.3) is 0 Å². The number of carbonyl (C=O) groups excluding carboxylic acids is 2. The molecule has 2 fully saturated rings. The van der Waals surface area contributed by atoms with Crippen LogP contribution in [0, 0.1) is 5.92 Å². The van der Waals surface area contributed by atoms with Crippen LogP contribution in [0.4, 0.5) is 10.3 Å². The fourth-order valence-corrected chi connectivity index (χ4v) is 4.28. The highest BCUT2D eigenvalue weighted by atomic mass is 32.1. The van der Waals surface area contributed by atoms with Gasteiger partial charge in [0.2, 0.25) is 22.1 Å². The number of hydrogen-bond donors (Lipinski definition) is 1. The summed E-state index contributed by atoms with van der Waals surface area (Å²) in [7, 11) is 0. The van der Waals surface area contributed by atoms with E-state index in [9.17, 15) is 9.59 Å². The van der Waals surface area contributed by atoms with Crippen LogP contribution in [0.3, 0.4) is 0 Å². The van der Waals surface area contributed by atoms with Gasteiger partial charge < -0.3 is 10.2 Å². The van der Waals surface area contributed by atoms with E-state index in [-0.39, 0.29) is 17.9 Å². The van der Waals surface area contributed by atoms with Gasteiger partial charge in [-0.25, -0.2) is 0 Å². The van der Waals surface area contributed by atoms with Gasteiger partial charge in [-0.2, -0.15) is 0 Å². The summed E-state index contributed by atoms with van der Waals surface area (Å²) in [5.41, 5.74) is 0. The standard InChI is InChI=1S/C17H27N5O2S/c1-12(2)8-9-18-15(24)13-6-5-11-21(13)16-19-20-17(25-16)22-10-4-3-7-14(22)23/h12-13H,3-11H2,1-2H3,(H,18,24)/t13-/m1/s1. The average Bonchev–Trinajstić information content (AvgIpc) is 3.24. The van der Waals surface area contributed by atoms with E-state index < -0.39 is 0 Å². The third-order valence-electron chi connectivity index (χ3n) is 4.78. The third-order valence-corrected chi connectivity index (χ3v) is 5.76. The van der Waals surface area contributed by atoms with Crippen LogP contribution < -0.4 is 15.1 Å². The number of piperidine rings is 1. The first-order valence-corrected chi connectivity index (χ1v) is 10.1. The molecule has 0 saturated carbocycles. The normalized spacial score (nSPS) is 21.2. The van der Waals surface area contributed by atoms with Gasteiger partial charge in [0.05, 0.1) is 0 Å². The van der Waals surface area contributed by atoms with Crippen molar-refractivity contribution >= 4 is 33.4 Å². The summed E-state index contributed by atoms with van der Waals surface area (Å²) >= 11 is 1.42. The average molecular weight is 366 g/mol. The molecule has 2 aliphatic rings. The highest BCUT2D eigenvalue weighted by molar-refractivity contribution is 7.19. The van der Waals surface area contributed by atoms with Crippen molar-refractivity contribution < 1.29 is 9.59 Å². The molecule has 1 atom stereocenters. The molecule has 3 rings (SSSR count). The molecule has 138 valence electrons. The van der Waals surface area contributed by atoms with E-state index in [0.29, 0.717) is 30.6 Å². The van der Waals surface area contributed by atoms with Crippen LogP contribution >= 0.6 is 11.3 Å². The quantitative estimate of drug-likeness (QED) is 0.836. The molecule has 25 heavy (non-hydrogen) atoms. The van der Waals surface area contributed by atoms with Crippen LogP contribution in [0.2, 0.25) is 0 Å². The molecule has 1 aromatic heterocycles. The third kappa shape index (κ3) is 4.29. The van der Waals surface area contributed by atoms with Gasteiger partial charge in [0.25, 0.3) is 0 Å². The predicted molar refractivity (Wildman–Crippen MR) is 98.9 cm³/mol. The number of amides is 2. The Balaban J connectivity index is 1.64. The van der Waals surface area contributed by atoms with Gasteiger partial charge in [-0.15, -0.1) is 10.2 Å². The van der Waals surface area contributed by atoms with Crippen LogP contribution in [-0.4, -0.2) is 47.7 Å². The second-order valence-corrected chi connectivity index (χ2v) is 8.13. The number of anilines is 2. The Morgan fingerprint density at radius 1 is 1.24 bits per heavy atom. The molecule has 3 heterocycles. The van der Waals surface area contributed by atoms with E-state index >= 15 is 0 Å². The van der Waals surface area contributed by atoms with E-state index in [1.165, 1.54) is 11.3 Å². The van der Waals surface area contributed by atoms with Crippen molar-refractivity contribution in [3.63, 3.8) is 0 Å². The lowest BCUT2D eigenvalue weighted by Gasteiger charge is -2.24. The Morgan fingerprint density at radius 3 is 2.80 bits per heavy atom. The van der Waals surface area contributed by atoms with Gasteiger partial charge in [-0.1, -0.05) is 25.2 Å². The SMILES string of the molecule is CC(C)CCNC(=O)[C@H]1CCCN1c1nnc(N2CCCCC2=O)s1. The summed E-state index contributed by atoms with van der Waals surface area (Å²) in [5.74, 6) is 0.773. The molecule has 0 radical (unpaired) electrons. The van der Waals surface area contributed by atoms with Gasteiger partial charge in [0, 0.05) is 26.1 Å². The Kier molecular flexibility index (Phi) is 5.88. The number of carbonyl (C=O) groups is 2. The first-order valence-electron chi connectivity index (χ1n) is 9.24. The Hall–Kier alpha value is -1.70. The van der Waals surface area contributed by atoms with Crippen molar-refractivity contribution in [2.75, 3.05) is 29.4 Å². The maximum Gasteiger partial charge on any atom is 0.242 e. The molecule has 0 aromatic carbocycles. The summed E-state index contributed by atoms with van der Waals surface area (Å²) in [6.45, 7) is 6.54. The number of nitrogens with zero attached hydrogens (tertiary/aromatic N) is 4. The predicted octanol–water partition coefficient (Wildman–Crippen LogP) is 2.19. The molecular weight excluding hydrogens is 338 g/mol. The molecule has 2 aliphatic heterocycles. The Labute approximate surface area is 152 Å². The molecule has 8 heteroatoms. The fraction of sp³-hybridized carbons (Fsp3) is 0.765. The first kappa shape index (κ1) is 18.1. The summed E-state index contributed by atoms with van der Waals surface area (Å²) in [5, 5.41) is 12.9. The monoisotopic (exact) mass is 365 g/mol. The van der Waals surface area contributed by atoms with Gasteiger partial charge in [0.1, 0.15) is 6.04 Å². The van der Waals surface area contributed by atoms with E-state index in [1.807, 2.05) is 4.90 Å². The molecule has 0 spiro atoms. The second kappa shape index (κ2) is 8.12. The summed E-state index contributed by atoms with van der Waals surface area (Å²) < 4.78 is 0. The summed E-state index contributed by atoms with van der Waals surface area (Å²) in [4.78, 5) is 28.3. The van der Waals surface area contributed by atoms with E-state index in [2.05, 4.69) is 29.4 Å². The van der Waals surface area contributed by atoms with Gasteiger partial charge in [0.15, 0.2) is 0 Å². The van der Waals surface area contributed by atoms with Gasteiger partial charge >= 0.3 is 0 Å². The molecule has 0 aliphatic carbocycles. The zero-order valence-electron chi connectivity index (χ0n) is 15.0. The fourth-order valence-electron chi connectivity index (χ4n) is 3.31. The summed E-state index contributed by atoms with van der Waals surface area (Å²) in [6, 6.07) is -0.176. The van der Waals surface area contributed by atoms with Crippen molar-refractivity contribution in [3.8, 4) is 0 Å². The highest BCUT2D eigenvalue weighted by Gasteiger charge is 2.33. The maximum atomic E-state index is 12.5. The first-order chi connectivity index (χ1) is 12.1. The van der Waals surface area contributed by atoms with Crippen LogP contribution in [0.15, 0.2) is 0 Å². The lowest BCUT2D eigenvalue weighted by molar-refractivity contribution is -0.122. The smallest absolute Gasteiger partial charge is 0.242 e. The highest BCUT2D eigenvalue weighted by Crippen LogP contribution is 2.33. The van der Waals surface area contributed by atoms with Crippen LogP contribution in [0.1, 0.15) is 52.4 Å². The zero-order chi connectivity index (χ0) is 17.8. The molecule has 1 aromatic rings. The molecule has 0 bridgehead atoms. The minimum atomic E-state index is -0.176. The number of rotatable bonds is 6. The molecule has 0 unspecified atom stereocenters. The van der Waals surface area contributed by atoms with E-state index in [4.69, 9.17) is 0 Å². The van der Waals surface area contributed by atoms with Gasteiger partial charge in [-0.3, -0.25) is 14.5 Å². The van der Waals surface area contributed by atoms with Crippen molar-refractivity contribution in [1.82, 2.24) is 15.5 Å². The Bertz CT molecular complexity index is 618. The van der Waals surface area contributed by atoms with Gasteiger partial charge in [-0.05, 0) is 38.0 Å². The molecular formula is C17H27N5O2S. The largest absolute Gasteiger partial charge is 0.354 e. The van der Waals surface area contributed by atoms with E-state index in [0.717, 1.165) is 43.8 Å². The topological polar surface area (TPSA) is 78.4 Å². The number of aromatic nitrogens is 2. The van der Waals surface area contributed by atoms with Crippen LogP contribution in [0.5, 0.6) is 0 Å². The van der Waals surface area contributed by atoms with Crippen molar-refractivity contribution in [3.05, 3.63) is 0 Å². The molecule has 7 nitrogen and oxygen atoms in total. The summed E-state index contributed by atoms with van der Waals surface area (Å²) in [6.07, 6.45) is 5.33. The molecule has 1 N–H and O–H groups in total. The minimum absolute atomic E-state index is 0.0731. The molecule has 2 saturated heterocycles. The van der Waals surface area contributed by atoms with Crippen molar-refractivity contribution in [2.45, 2.75) is 58.4 Å². The number of nitrogens with one attached hydrogen (secondary N) is 1. The molecule has 2 amide bonds. The van der Waals surface area contributed by atoms with Crippen molar-refractivity contribution in [2.24, 2.45) is 5.92 Å².